The first kappa shape index (κ1) is 21.7. The Labute approximate surface area is 189 Å². The highest BCUT2D eigenvalue weighted by atomic mass is 32.2. The Morgan fingerprint density at radius 1 is 1.26 bits per heavy atom. The van der Waals surface area contributed by atoms with E-state index in [4.69, 9.17) is 9.47 Å². The van der Waals surface area contributed by atoms with Crippen LogP contribution in [0, 0.1) is 0 Å². The van der Waals surface area contributed by atoms with Gasteiger partial charge in [0, 0.05) is 23.7 Å². The summed E-state index contributed by atoms with van der Waals surface area (Å²) in [5.41, 5.74) is 3.08. The second-order valence-electron chi connectivity index (χ2n) is 7.38. The number of methoxy groups -OCH3 is 2. The second-order valence-corrected chi connectivity index (χ2v) is 9.35. The van der Waals surface area contributed by atoms with Crippen LogP contribution in [-0.4, -0.2) is 47.0 Å². The first-order valence-corrected chi connectivity index (χ1v) is 12.1. The van der Waals surface area contributed by atoms with E-state index in [1.807, 2.05) is 28.5 Å². The van der Waals surface area contributed by atoms with Crippen LogP contribution in [0.4, 0.5) is 5.13 Å². The average molecular weight is 460 g/mol. The molecule has 1 unspecified atom stereocenters. The van der Waals surface area contributed by atoms with E-state index >= 15 is 0 Å². The Hall–Kier alpha value is -2.52. The van der Waals surface area contributed by atoms with Crippen molar-refractivity contribution in [2.45, 2.75) is 37.6 Å². The van der Waals surface area contributed by atoms with Gasteiger partial charge in [-0.15, -0.1) is 23.1 Å². The number of benzene rings is 1. The van der Waals surface area contributed by atoms with E-state index in [-0.39, 0.29) is 22.9 Å². The zero-order valence-corrected chi connectivity index (χ0v) is 19.2. The second kappa shape index (κ2) is 9.74. The Morgan fingerprint density at radius 3 is 2.81 bits per heavy atom. The zero-order chi connectivity index (χ0) is 21.8. The molecule has 0 saturated carbocycles. The van der Waals surface area contributed by atoms with Gasteiger partial charge in [0.25, 0.3) is 5.91 Å². The lowest BCUT2D eigenvalue weighted by Gasteiger charge is -2.27. The van der Waals surface area contributed by atoms with E-state index in [1.54, 1.807) is 20.4 Å². The molecule has 2 aromatic rings. The molecule has 1 aromatic carbocycles. The third kappa shape index (κ3) is 4.72. The maximum atomic E-state index is 13.2. The first-order valence-electron chi connectivity index (χ1n) is 10.2. The van der Waals surface area contributed by atoms with Gasteiger partial charge in [-0.25, -0.2) is 4.98 Å². The van der Waals surface area contributed by atoms with Gasteiger partial charge in [-0.05, 0) is 49.0 Å². The number of ether oxygens (including phenoxy) is 2. The van der Waals surface area contributed by atoms with Gasteiger partial charge in [-0.3, -0.25) is 9.59 Å². The summed E-state index contributed by atoms with van der Waals surface area (Å²) < 4.78 is 10.7. The molecule has 1 aliphatic carbocycles. The van der Waals surface area contributed by atoms with Crippen molar-refractivity contribution in [1.82, 2.24) is 9.88 Å². The topological polar surface area (TPSA) is 80.8 Å². The van der Waals surface area contributed by atoms with Crippen molar-refractivity contribution < 1.29 is 19.1 Å². The Morgan fingerprint density at radius 2 is 2.06 bits per heavy atom. The van der Waals surface area contributed by atoms with Crippen molar-refractivity contribution in [3.8, 4) is 11.5 Å². The van der Waals surface area contributed by atoms with Crippen molar-refractivity contribution in [1.29, 1.82) is 0 Å². The van der Waals surface area contributed by atoms with Crippen LogP contribution < -0.4 is 14.8 Å². The summed E-state index contributed by atoms with van der Waals surface area (Å²) in [5.74, 6) is 1.53. The molecule has 4 rings (SSSR count). The molecule has 0 spiro atoms. The highest BCUT2D eigenvalue weighted by molar-refractivity contribution is 8.00. The quantitative estimate of drug-likeness (QED) is 0.641. The van der Waals surface area contributed by atoms with Crippen molar-refractivity contribution >= 4 is 40.0 Å². The number of amides is 2. The number of nitrogens with zero attached hydrogens (tertiary/aromatic N) is 2. The van der Waals surface area contributed by atoms with Crippen LogP contribution in [0.5, 0.6) is 11.5 Å². The van der Waals surface area contributed by atoms with Crippen LogP contribution in [0.1, 0.15) is 31.2 Å². The lowest BCUT2D eigenvalue weighted by atomic mass is 9.94. The minimum Gasteiger partial charge on any atom is -0.493 e. The van der Waals surface area contributed by atoms with Crippen LogP contribution in [0.15, 0.2) is 40.9 Å². The van der Waals surface area contributed by atoms with E-state index in [1.165, 1.54) is 28.7 Å². The van der Waals surface area contributed by atoms with Crippen molar-refractivity contribution in [2.75, 3.05) is 25.3 Å². The number of hydrogen-bond acceptors (Lipinski definition) is 7. The fourth-order valence-corrected chi connectivity index (χ4v) is 5.77. The van der Waals surface area contributed by atoms with Gasteiger partial charge in [0.15, 0.2) is 16.6 Å². The van der Waals surface area contributed by atoms with Crippen LogP contribution in [0.2, 0.25) is 0 Å². The largest absolute Gasteiger partial charge is 0.493 e. The molecule has 9 heteroatoms. The number of rotatable bonds is 8. The van der Waals surface area contributed by atoms with Gasteiger partial charge >= 0.3 is 0 Å². The molecule has 0 saturated heterocycles. The fraction of sp³-hybridized carbons (Fsp3) is 0.409. The summed E-state index contributed by atoms with van der Waals surface area (Å²) in [4.78, 5) is 31.6. The number of hydrogen-bond donors (Lipinski definition) is 1. The van der Waals surface area contributed by atoms with Crippen LogP contribution in [-0.2, 0) is 16.1 Å². The number of carbonyl (C=O) groups is 2. The molecular weight excluding hydrogens is 434 g/mol. The molecular formula is C22H25N3O4S2. The van der Waals surface area contributed by atoms with Crippen molar-refractivity contribution in [3.63, 3.8) is 0 Å². The van der Waals surface area contributed by atoms with E-state index in [2.05, 4.69) is 10.3 Å². The van der Waals surface area contributed by atoms with E-state index < -0.39 is 0 Å². The summed E-state index contributed by atoms with van der Waals surface area (Å²) in [7, 11) is 3.20. The molecule has 31 heavy (non-hydrogen) atoms. The number of carbonyl (C=O) groups excluding carboxylic acids is 2. The van der Waals surface area contributed by atoms with E-state index in [0.29, 0.717) is 23.2 Å². The predicted octanol–water partition coefficient (Wildman–Crippen LogP) is 4.07. The number of anilines is 1. The molecule has 2 aliphatic rings. The SMILES string of the molecule is COc1ccc(CN2C(=O)C3=C(CCCC3)C2SCC(=O)Nc2nccs2)cc1OC. The first-order chi connectivity index (χ1) is 15.1. The van der Waals surface area contributed by atoms with Gasteiger partial charge in [-0.1, -0.05) is 6.07 Å². The molecule has 0 fully saturated rings. The van der Waals surface area contributed by atoms with E-state index in [9.17, 15) is 9.59 Å². The molecule has 0 bridgehead atoms. The van der Waals surface area contributed by atoms with Gasteiger partial charge < -0.3 is 19.7 Å². The van der Waals surface area contributed by atoms with Gasteiger partial charge in [0.1, 0.15) is 5.37 Å². The zero-order valence-electron chi connectivity index (χ0n) is 17.6. The molecule has 1 aliphatic heterocycles. The Kier molecular flexibility index (Phi) is 6.82. The lowest BCUT2D eigenvalue weighted by molar-refractivity contribution is -0.126. The van der Waals surface area contributed by atoms with Gasteiger partial charge in [0.2, 0.25) is 5.91 Å². The minimum atomic E-state index is -0.127. The van der Waals surface area contributed by atoms with Gasteiger partial charge in [-0.2, -0.15) is 0 Å². The maximum absolute atomic E-state index is 13.2. The van der Waals surface area contributed by atoms with E-state index in [0.717, 1.165) is 36.8 Å². The van der Waals surface area contributed by atoms with Crippen molar-refractivity contribution in [3.05, 3.63) is 46.5 Å². The fourth-order valence-electron chi connectivity index (χ4n) is 4.03. The molecule has 7 nitrogen and oxygen atoms in total. The molecule has 1 aromatic heterocycles. The summed E-state index contributed by atoms with van der Waals surface area (Å²) in [6.45, 7) is 0.456. The number of nitrogens with one attached hydrogen (secondary N) is 1. The third-order valence-corrected chi connectivity index (χ3v) is 7.43. The van der Waals surface area contributed by atoms with Gasteiger partial charge in [0.05, 0.1) is 20.0 Å². The number of thiazole rings is 1. The highest BCUT2D eigenvalue weighted by Gasteiger charge is 2.40. The highest BCUT2D eigenvalue weighted by Crippen LogP contribution is 2.42. The van der Waals surface area contributed by atoms with Crippen LogP contribution in [0.3, 0.4) is 0 Å². The van der Waals surface area contributed by atoms with Crippen LogP contribution in [0.25, 0.3) is 0 Å². The molecule has 164 valence electrons. The minimum absolute atomic E-state index is 0.0855. The smallest absolute Gasteiger partial charge is 0.251 e. The standard InChI is InChI=1S/C22H25N3O4S2/c1-28-17-8-7-14(11-18(17)29-2)12-25-20(27)15-5-3-4-6-16(15)21(25)31-13-19(26)24-22-23-9-10-30-22/h7-11,21H,3-6,12-13H2,1-2H3,(H,23,24,26). The molecule has 2 amide bonds. The number of aromatic nitrogens is 1. The average Bonchev–Trinajstić information content (AvgIpc) is 3.39. The third-order valence-electron chi connectivity index (χ3n) is 5.46. The molecule has 1 N–H and O–H groups in total. The lowest BCUT2D eigenvalue weighted by Crippen LogP contribution is -2.34. The molecule has 2 heterocycles. The predicted molar refractivity (Wildman–Crippen MR) is 123 cm³/mol. The maximum Gasteiger partial charge on any atom is 0.251 e. The molecule has 1 atom stereocenters. The Bertz CT molecular complexity index is 991. The monoisotopic (exact) mass is 459 g/mol. The van der Waals surface area contributed by atoms with Crippen LogP contribution >= 0.6 is 23.1 Å². The summed E-state index contributed by atoms with van der Waals surface area (Å²) >= 11 is 2.89. The summed E-state index contributed by atoms with van der Waals surface area (Å²) in [6, 6.07) is 5.70. The summed E-state index contributed by atoms with van der Waals surface area (Å²) in [6.07, 6.45) is 5.51. The summed E-state index contributed by atoms with van der Waals surface area (Å²) in [5, 5.41) is 5.10. The normalized spacial score (nSPS) is 18.2. The van der Waals surface area contributed by atoms with Crippen molar-refractivity contribution in [2.24, 2.45) is 0 Å². The molecule has 0 radical (unpaired) electrons. The number of thioether (sulfide) groups is 1. The Balaban J connectivity index is 1.51.